The first-order valence-corrected chi connectivity index (χ1v) is 5.30. The average Bonchev–Trinajstić information content (AvgIpc) is 2.34. The van der Waals surface area contributed by atoms with Gasteiger partial charge in [-0.3, -0.25) is 4.79 Å². The van der Waals surface area contributed by atoms with E-state index >= 15 is 0 Å². The standard InChI is InChI=1S/C14H19ClO/c1-10(9-14(2,3)4)13(16)11-6-5-7-12(15)8-11/h5-8,10H,9H2,1-4H3/t10-/m1/s1/i2D3,3D3,10D. The van der Waals surface area contributed by atoms with E-state index in [0.717, 1.165) is 6.92 Å². The molecule has 2 heteroatoms. The molecule has 0 radical (unpaired) electrons. The first kappa shape index (κ1) is 6.20. The van der Waals surface area contributed by atoms with Crippen LogP contribution in [0.1, 0.15) is 53.9 Å². The fourth-order valence-electron chi connectivity index (χ4n) is 1.49. The number of ketones is 1. The van der Waals surface area contributed by atoms with E-state index in [1.165, 1.54) is 19.1 Å². The first-order chi connectivity index (χ1) is 10.1. The van der Waals surface area contributed by atoms with Crippen LogP contribution in [-0.4, -0.2) is 5.78 Å². The van der Waals surface area contributed by atoms with Crippen molar-refractivity contribution in [2.75, 3.05) is 0 Å². The molecule has 0 aliphatic rings. The fraction of sp³-hybridized carbons (Fsp3) is 0.500. The lowest BCUT2D eigenvalue weighted by molar-refractivity contribution is 0.0897. The minimum atomic E-state index is -2.84. The summed E-state index contributed by atoms with van der Waals surface area (Å²) in [5.41, 5.74) is -2.03. The van der Waals surface area contributed by atoms with Crippen LogP contribution in [0, 0.1) is 11.3 Å². The van der Waals surface area contributed by atoms with Crippen LogP contribution < -0.4 is 0 Å². The molecule has 0 aromatic heterocycles. The van der Waals surface area contributed by atoms with Crippen molar-refractivity contribution in [2.24, 2.45) is 11.3 Å². The van der Waals surface area contributed by atoms with E-state index in [4.69, 9.17) is 21.2 Å². The van der Waals surface area contributed by atoms with Gasteiger partial charge < -0.3 is 0 Å². The van der Waals surface area contributed by atoms with Gasteiger partial charge in [0.05, 0.1) is 0 Å². The monoisotopic (exact) mass is 245 g/mol. The van der Waals surface area contributed by atoms with Crippen LogP contribution >= 0.6 is 11.6 Å². The van der Waals surface area contributed by atoms with E-state index < -0.39 is 37.2 Å². The van der Waals surface area contributed by atoms with Gasteiger partial charge in [0, 0.05) is 26.1 Å². The SMILES string of the molecule is [2H]C([2H])([2H])C(C)(C[C@@]([2H])(C)C(=O)c1cccc(Cl)c1)C([2H])([2H])[2H]. The van der Waals surface area contributed by atoms with Crippen molar-refractivity contribution in [1.82, 2.24) is 0 Å². The number of carbonyl (C=O) groups excluding carboxylic acids is 1. The second kappa shape index (κ2) is 5.01. The Morgan fingerprint density at radius 3 is 2.88 bits per heavy atom. The molecule has 0 N–H and O–H groups in total. The van der Waals surface area contributed by atoms with Gasteiger partial charge in [0.2, 0.25) is 0 Å². The number of rotatable bonds is 3. The Kier molecular flexibility index (Phi) is 1.94. The topological polar surface area (TPSA) is 17.1 Å². The molecule has 0 heterocycles. The Labute approximate surface area is 113 Å². The van der Waals surface area contributed by atoms with Crippen LogP contribution in [0.2, 0.25) is 5.02 Å². The van der Waals surface area contributed by atoms with Crippen molar-refractivity contribution in [3.05, 3.63) is 34.9 Å². The molecule has 1 aromatic rings. The lowest BCUT2D eigenvalue weighted by Crippen LogP contribution is -2.18. The minimum Gasteiger partial charge on any atom is -0.294 e. The van der Waals surface area contributed by atoms with Crippen LogP contribution in [0.3, 0.4) is 0 Å². The maximum atomic E-state index is 12.5. The van der Waals surface area contributed by atoms with E-state index in [1.807, 2.05) is 0 Å². The summed E-state index contributed by atoms with van der Waals surface area (Å²) in [5.74, 6) is -2.58. The van der Waals surface area contributed by atoms with Crippen LogP contribution in [0.4, 0.5) is 0 Å². The third-order valence-electron chi connectivity index (χ3n) is 2.09. The van der Waals surface area contributed by atoms with Gasteiger partial charge in [-0.2, -0.15) is 0 Å². The van der Waals surface area contributed by atoms with E-state index in [1.54, 1.807) is 12.1 Å². The normalized spacial score (nSPS) is 23.6. The second-order valence-corrected chi connectivity index (χ2v) is 4.57. The first-order valence-electron chi connectivity index (χ1n) is 8.42. The molecule has 0 aliphatic heterocycles. The van der Waals surface area contributed by atoms with Crippen LogP contribution in [0.25, 0.3) is 0 Å². The Morgan fingerprint density at radius 2 is 2.31 bits per heavy atom. The molecule has 1 rings (SSSR count). The molecule has 88 valence electrons. The van der Waals surface area contributed by atoms with Gasteiger partial charge >= 0.3 is 0 Å². The molecular weight excluding hydrogens is 220 g/mol. The van der Waals surface area contributed by atoms with E-state index in [-0.39, 0.29) is 5.56 Å². The summed E-state index contributed by atoms with van der Waals surface area (Å²) in [7, 11) is 0. The van der Waals surface area contributed by atoms with Crippen molar-refractivity contribution >= 4 is 17.4 Å². The van der Waals surface area contributed by atoms with Crippen LogP contribution in [-0.2, 0) is 0 Å². The Morgan fingerprint density at radius 1 is 1.62 bits per heavy atom. The molecule has 0 fully saturated rings. The molecule has 0 unspecified atom stereocenters. The second-order valence-electron chi connectivity index (χ2n) is 4.13. The van der Waals surface area contributed by atoms with Gasteiger partial charge in [0.1, 0.15) is 0 Å². The predicted octanol–water partition coefficient (Wildman–Crippen LogP) is 4.60. The zero-order valence-electron chi connectivity index (χ0n) is 16.3. The Hall–Kier alpha value is -0.820. The number of benzene rings is 1. The maximum absolute atomic E-state index is 12.5. The zero-order valence-corrected chi connectivity index (χ0v) is 10.1. The Bertz CT molecular complexity index is 576. The van der Waals surface area contributed by atoms with Crippen LogP contribution in [0.15, 0.2) is 24.3 Å². The van der Waals surface area contributed by atoms with E-state index in [2.05, 4.69) is 0 Å². The van der Waals surface area contributed by atoms with Gasteiger partial charge in [-0.15, -0.1) is 0 Å². The van der Waals surface area contributed by atoms with Crippen molar-refractivity contribution in [1.29, 1.82) is 0 Å². The summed E-state index contributed by atoms with van der Waals surface area (Å²) in [6.45, 7) is -3.37. The van der Waals surface area contributed by atoms with Gasteiger partial charge in [-0.05, 0) is 24.0 Å². The molecule has 0 spiro atoms. The van der Waals surface area contributed by atoms with Gasteiger partial charge in [-0.1, -0.05) is 51.3 Å². The number of carbonyl (C=O) groups is 1. The maximum Gasteiger partial charge on any atom is 0.165 e. The number of Topliss-reactive ketones (excluding diaryl/α,β-unsaturated/α-hetero) is 1. The average molecular weight is 246 g/mol. The molecule has 0 saturated carbocycles. The number of halogens is 1. The number of hydrogen-bond acceptors (Lipinski definition) is 1. The fourth-order valence-corrected chi connectivity index (χ4v) is 1.68. The summed E-state index contributed by atoms with van der Waals surface area (Å²) in [4.78, 5) is 12.5. The highest BCUT2D eigenvalue weighted by Gasteiger charge is 2.21. The molecular formula is C14H19ClO. The van der Waals surface area contributed by atoms with Gasteiger partial charge in [-0.25, -0.2) is 0 Å². The van der Waals surface area contributed by atoms with Gasteiger partial charge in [0.25, 0.3) is 0 Å². The molecule has 0 saturated heterocycles. The largest absolute Gasteiger partial charge is 0.294 e. The molecule has 0 aliphatic carbocycles. The third-order valence-corrected chi connectivity index (χ3v) is 2.33. The van der Waals surface area contributed by atoms with Crippen molar-refractivity contribution in [2.45, 2.75) is 34.0 Å². The molecule has 1 atom stereocenters. The number of hydrogen-bond donors (Lipinski definition) is 0. The zero-order chi connectivity index (χ0) is 18.3. The quantitative estimate of drug-likeness (QED) is 0.712. The summed E-state index contributed by atoms with van der Waals surface area (Å²) >= 11 is 5.82. The molecule has 1 nitrogen and oxygen atoms in total. The smallest absolute Gasteiger partial charge is 0.165 e. The summed E-state index contributed by atoms with van der Waals surface area (Å²) < 4.78 is 53.6. The molecule has 1 aromatic carbocycles. The van der Waals surface area contributed by atoms with Crippen molar-refractivity contribution < 1.29 is 14.4 Å². The highest BCUT2D eigenvalue weighted by Crippen LogP contribution is 2.26. The lowest BCUT2D eigenvalue weighted by Gasteiger charge is -2.22. The van der Waals surface area contributed by atoms with Crippen molar-refractivity contribution in [3.8, 4) is 0 Å². The predicted molar refractivity (Wildman–Crippen MR) is 69.0 cm³/mol. The minimum absolute atomic E-state index is 0.147. The van der Waals surface area contributed by atoms with Gasteiger partial charge in [0.15, 0.2) is 5.78 Å². The summed E-state index contributed by atoms with van der Waals surface area (Å²) in [6, 6.07) is 5.94. The van der Waals surface area contributed by atoms with Crippen molar-refractivity contribution in [3.63, 3.8) is 0 Å². The lowest BCUT2D eigenvalue weighted by atomic mass is 9.82. The molecule has 0 bridgehead atoms. The Balaban J connectivity index is 3.24. The van der Waals surface area contributed by atoms with E-state index in [0.29, 0.717) is 5.02 Å². The van der Waals surface area contributed by atoms with Crippen LogP contribution in [0.5, 0.6) is 0 Å². The highest BCUT2D eigenvalue weighted by atomic mass is 35.5. The highest BCUT2D eigenvalue weighted by molar-refractivity contribution is 6.31. The molecule has 16 heavy (non-hydrogen) atoms. The molecule has 0 amide bonds. The summed E-state index contributed by atoms with van der Waals surface area (Å²) in [6.07, 6.45) is -0.627. The third kappa shape index (κ3) is 3.97. The summed E-state index contributed by atoms with van der Waals surface area (Å²) in [5, 5.41) is 0.307. The van der Waals surface area contributed by atoms with E-state index in [9.17, 15) is 4.79 Å².